The largest absolute Gasteiger partial charge is 0.497 e. The lowest BCUT2D eigenvalue weighted by atomic mass is 10.2. The van der Waals surface area contributed by atoms with E-state index in [-0.39, 0.29) is 24.0 Å². The van der Waals surface area contributed by atoms with Crippen molar-refractivity contribution in [2.24, 2.45) is 4.99 Å². The third-order valence-corrected chi connectivity index (χ3v) is 4.87. The number of likely N-dealkylation sites (tertiary alicyclic amines) is 1. The van der Waals surface area contributed by atoms with Crippen molar-refractivity contribution in [3.05, 3.63) is 23.8 Å². The Labute approximate surface area is 178 Å². The van der Waals surface area contributed by atoms with Crippen LogP contribution < -0.4 is 20.1 Å². The molecular formula is C18H31IN4O2S. The molecule has 1 aromatic carbocycles. The molecule has 26 heavy (non-hydrogen) atoms. The lowest BCUT2D eigenvalue weighted by molar-refractivity contribution is 0.321. The van der Waals surface area contributed by atoms with Gasteiger partial charge in [0, 0.05) is 51.1 Å². The lowest BCUT2D eigenvalue weighted by Gasteiger charge is -2.19. The molecule has 148 valence electrons. The van der Waals surface area contributed by atoms with Gasteiger partial charge in [0.15, 0.2) is 5.96 Å². The maximum atomic E-state index is 5.36. The predicted octanol–water partition coefficient (Wildman–Crippen LogP) is 2.42. The molecule has 0 aromatic heterocycles. The van der Waals surface area contributed by atoms with E-state index in [1.165, 1.54) is 5.56 Å². The van der Waals surface area contributed by atoms with Crippen molar-refractivity contribution < 1.29 is 9.47 Å². The van der Waals surface area contributed by atoms with Crippen LogP contribution in [0.1, 0.15) is 12.0 Å². The highest BCUT2D eigenvalue weighted by atomic mass is 127. The van der Waals surface area contributed by atoms with Gasteiger partial charge in [-0.3, -0.25) is 9.89 Å². The van der Waals surface area contributed by atoms with Crippen molar-refractivity contribution >= 4 is 41.7 Å². The summed E-state index contributed by atoms with van der Waals surface area (Å²) < 4.78 is 10.7. The van der Waals surface area contributed by atoms with Crippen LogP contribution in [0.15, 0.2) is 23.2 Å². The highest BCUT2D eigenvalue weighted by Crippen LogP contribution is 2.24. The van der Waals surface area contributed by atoms with Gasteiger partial charge >= 0.3 is 0 Å². The van der Waals surface area contributed by atoms with Crippen LogP contribution >= 0.6 is 35.7 Å². The van der Waals surface area contributed by atoms with E-state index in [4.69, 9.17) is 9.47 Å². The fraction of sp³-hybridized carbons (Fsp3) is 0.611. The first-order chi connectivity index (χ1) is 12.2. The van der Waals surface area contributed by atoms with Gasteiger partial charge in [0.2, 0.25) is 0 Å². The van der Waals surface area contributed by atoms with Crippen LogP contribution in [0.2, 0.25) is 0 Å². The number of benzene rings is 1. The highest BCUT2D eigenvalue weighted by Gasteiger charge is 2.23. The molecule has 1 aliphatic rings. The second-order valence-corrected chi connectivity index (χ2v) is 7.06. The highest BCUT2D eigenvalue weighted by molar-refractivity contribution is 14.0. The maximum Gasteiger partial charge on any atom is 0.191 e. The number of hydrogen-bond donors (Lipinski definition) is 2. The van der Waals surface area contributed by atoms with Gasteiger partial charge in [-0.2, -0.15) is 11.8 Å². The molecule has 1 fully saturated rings. The van der Waals surface area contributed by atoms with E-state index in [9.17, 15) is 0 Å². The van der Waals surface area contributed by atoms with Gasteiger partial charge in [0.25, 0.3) is 0 Å². The summed E-state index contributed by atoms with van der Waals surface area (Å²) in [5, 5.41) is 6.88. The number of hydrogen-bond acceptors (Lipinski definition) is 5. The summed E-state index contributed by atoms with van der Waals surface area (Å²) in [6.45, 7) is 3.90. The van der Waals surface area contributed by atoms with E-state index in [1.54, 1.807) is 14.2 Å². The van der Waals surface area contributed by atoms with Gasteiger partial charge in [0.05, 0.1) is 14.2 Å². The van der Waals surface area contributed by atoms with E-state index in [1.807, 2.05) is 24.9 Å². The minimum atomic E-state index is 0. The number of guanidine groups is 1. The zero-order chi connectivity index (χ0) is 18.1. The minimum Gasteiger partial charge on any atom is -0.497 e. The molecule has 0 saturated carbocycles. The monoisotopic (exact) mass is 494 g/mol. The first-order valence-corrected chi connectivity index (χ1v) is 9.98. The molecule has 0 aliphatic carbocycles. The van der Waals surface area contributed by atoms with Crippen molar-refractivity contribution in [2.45, 2.75) is 19.0 Å². The standard InChI is InChI=1S/C18H30N4O2S.HI/c1-19-18(20-6-8-25-4)21-15-5-7-22(13-15)12-14-9-16(23-2)11-17(10-14)24-3;/h9-11,15H,5-8,12-13H2,1-4H3,(H2,19,20,21);1H. The normalized spacial score (nSPS) is 17.5. The summed E-state index contributed by atoms with van der Waals surface area (Å²) in [4.78, 5) is 6.76. The number of methoxy groups -OCH3 is 2. The molecule has 0 radical (unpaired) electrons. The summed E-state index contributed by atoms with van der Waals surface area (Å²) in [7, 11) is 5.19. The van der Waals surface area contributed by atoms with E-state index >= 15 is 0 Å². The zero-order valence-corrected chi connectivity index (χ0v) is 19.2. The molecule has 1 saturated heterocycles. The molecule has 0 spiro atoms. The molecule has 6 nitrogen and oxygen atoms in total. The Morgan fingerprint density at radius 2 is 1.96 bits per heavy atom. The van der Waals surface area contributed by atoms with Crippen molar-refractivity contribution in [3.8, 4) is 11.5 Å². The molecule has 0 bridgehead atoms. The van der Waals surface area contributed by atoms with Gasteiger partial charge in [0.1, 0.15) is 11.5 Å². The molecular weight excluding hydrogens is 463 g/mol. The lowest BCUT2D eigenvalue weighted by Crippen LogP contribution is -2.45. The summed E-state index contributed by atoms with van der Waals surface area (Å²) in [6, 6.07) is 6.48. The van der Waals surface area contributed by atoms with Crippen molar-refractivity contribution in [1.29, 1.82) is 0 Å². The molecule has 1 aromatic rings. The third-order valence-electron chi connectivity index (χ3n) is 4.25. The number of aliphatic imine (C=N–C) groups is 1. The second kappa shape index (κ2) is 12.5. The fourth-order valence-corrected chi connectivity index (χ4v) is 3.28. The summed E-state index contributed by atoms with van der Waals surface area (Å²) in [5.41, 5.74) is 1.21. The maximum absolute atomic E-state index is 5.36. The van der Waals surface area contributed by atoms with Crippen LogP contribution in [-0.4, -0.2) is 69.8 Å². The van der Waals surface area contributed by atoms with Crippen molar-refractivity contribution in [2.75, 3.05) is 52.9 Å². The Bertz CT molecular complexity index is 552. The molecule has 2 N–H and O–H groups in total. The Kier molecular flexibility index (Phi) is 11.1. The van der Waals surface area contributed by atoms with Crippen LogP contribution in [0.4, 0.5) is 0 Å². The smallest absolute Gasteiger partial charge is 0.191 e. The van der Waals surface area contributed by atoms with Crippen molar-refractivity contribution in [1.82, 2.24) is 15.5 Å². The average molecular weight is 494 g/mol. The molecule has 1 heterocycles. The zero-order valence-electron chi connectivity index (χ0n) is 16.1. The molecule has 0 amide bonds. The molecule has 1 aliphatic heterocycles. The van der Waals surface area contributed by atoms with Gasteiger partial charge in [-0.05, 0) is 30.4 Å². The molecule has 1 atom stereocenters. The first kappa shape index (κ1) is 23.2. The van der Waals surface area contributed by atoms with Crippen LogP contribution in [0.3, 0.4) is 0 Å². The Morgan fingerprint density at radius 3 is 2.54 bits per heavy atom. The number of nitrogens with one attached hydrogen (secondary N) is 2. The van der Waals surface area contributed by atoms with E-state index in [2.05, 4.69) is 38.9 Å². The quantitative estimate of drug-likeness (QED) is 0.251. The van der Waals surface area contributed by atoms with E-state index in [0.29, 0.717) is 6.04 Å². The summed E-state index contributed by atoms with van der Waals surface area (Å²) in [5.74, 6) is 3.64. The van der Waals surface area contributed by atoms with Gasteiger partial charge in [-0.15, -0.1) is 24.0 Å². The first-order valence-electron chi connectivity index (χ1n) is 8.59. The predicted molar refractivity (Wildman–Crippen MR) is 122 cm³/mol. The van der Waals surface area contributed by atoms with E-state index < -0.39 is 0 Å². The Morgan fingerprint density at radius 1 is 1.27 bits per heavy atom. The van der Waals surface area contributed by atoms with Gasteiger partial charge in [-0.1, -0.05) is 0 Å². The third kappa shape index (κ3) is 7.40. The molecule has 1 unspecified atom stereocenters. The molecule has 2 rings (SSSR count). The number of ether oxygens (including phenoxy) is 2. The molecule has 8 heteroatoms. The SMILES string of the molecule is CN=C(NCCSC)NC1CCN(Cc2cc(OC)cc(OC)c2)C1.I. The van der Waals surface area contributed by atoms with Crippen molar-refractivity contribution in [3.63, 3.8) is 0 Å². The summed E-state index contributed by atoms with van der Waals surface area (Å²) >= 11 is 1.83. The number of halogens is 1. The fourth-order valence-electron chi connectivity index (χ4n) is 2.97. The van der Waals surface area contributed by atoms with Gasteiger partial charge in [-0.25, -0.2) is 0 Å². The second-order valence-electron chi connectivity index (χ2n) is 6.08. The Balaban J connectivity index is 0.00000338. The number of thioether (sulfide) groups is 1. The number of nitrogens with zero attached hydrogens (tertiary/aromatic N) is 2. The van der Waals surface area contributed by atoms with Crippen LogP contribution in [0, 0.1) is 0 Å². The minimum absolute atomic E-state index is 0. The number of rotatable bonds is 8. The topological polar surface area (TPSA) is 58.1 Å². The van der Waals surface area contributed by atoms with Crippen LogP contribution in [0.25, 0.3) is 0 Å². The van der Waals surface area contributed by atoms with Crippen LogP contribution in [-0.2, 0) is 6.54 Å². The van der Waals surface area contributed by atoms with Gasteiger partial charge < -0.3 is 20.1 Å². The van der Waals surface area contributed by atoms with E-state index in [0.717, 1.165) is 55.8 Å². The average Bonchev–Trinajstić information content (AvgIpc) is 3.07. The summed E-state index contributed by atoms with van der Waals surface area (Å²) in [6.07, 6.45) is 3.23. The Hall–Kier alpha value is -0.870. The van der Waals surface area contributed by atoms with Crippen LogP contribution in [0.5, 0.6) is 11.5 Å².